The second-order valence-corrected chi connectivity index (χ2v) is 5.30. The first kappa shape index (κ1) is 14.4. The summed E-state index contributed by atoms with van der Waals surface area (Å²) in [4.78, 5) is 0. The van der Waals surface area contributed by atoms with Crippen molar-refractivity contribution in [1.82, 2.24) is 5.32 Å². The Hall–Kier alpha value is -1.06. The number of ether oxygens (including phenoxy) is 2. The van der Waals surface area contributed by atoms with Crippen LogP contribution in [-0.2, 0) is 16.6 Å². The molecule has 1 aliphatic heterocycles. The molecule has 1 heterocycles. The van der Waals surface area contributed by atoms with Crippen LogP contribution >= 0.6 is 0 Å². The van der Waals surface area contributed by atoms with Crippen LogP contribution in [0.1, 0.15) is 30.9 Å². The molecule has 1 saturated heterocycles. The maximum Gasteiger partial charge on any atom is 0.122 e. The van der Waals surface area contributed by atoms with E-state index >= 15 is 0 Å². The van der Waals surface area contributed by atoms with Crippen LogP contribution in [0.25, 0.3) is 0 Å². The van der Waals surface area contributed by atoms with E-state index in [1.54, 1.807) is 7.11 Å². The number of rotatable bonds is 5. The van der Waals surface area contributed by atoms with Gasteiger partial charge in [0.1, 0.15) is 5.75 Å². The van der Waals surface area contributed by atoms with Gasteiger partial charge in [-0.05, 0) is 43.5 Å². The number of methoxy groups -OCH3 is 1. The van der Waals surface area contributed by atoms with Gasteiger partial charge in [0, 0.05) is 25.2 Å². The van der Waals surface area contributed by atoms with Gasteiger partial charge in [0.25, 0.3) is 0 Å². The maximum absolute atomic E-state index is 5.54. The third-order valence-electron chi connectivity index (χ3n) is 4.24. The molecule has 0 aromatic heterocycles. The molecule has 0 spiro atoms. The van der Waals surface area contributed by atoms with E-state index in [1.165, 1.54) is 11.1 Å². The van der Waals surface area contributed by atoms with Crippen LogP contribution in [0, 0.1) is 0 Å². The van der Waals surface area contributed by atoms with E-state index in [-0.39, 0.29) is 5.41 Å². The smallest absolute Gasteiger partial charge is 0.122 e. The fourth-order valence-corrected chi connectivity index (χ4v) is 3.05. The van der Waals surface area contributed by atoms with Crippen molar-refractivity contribution < 1.29 is 9.47 Å². The molecule has 1 fully saturated rings. The first-order chi connectivity index (χ1) is 9.25. The average Bonchev–Trinajstić information content (AvgIpc) is 2.47. The standard InChI is InChI=1S/C16H25NO2/c1-4-13-11-14(5-6-15(13)18-3)16(12-17-2)7-9-19-10-8-16/h5-6,11,17H,4,7-10,12H2,1-3H3. The van der Waals surface area contributed by atoms with Crippen molar-refractivity contribution in [2.24, 2.45) is 0 Å². The van der Waals surface area contributed by atoms with Crippen LogP contribution in [0.2, 0.25) is 0 Å². The third-order valence-corrected chi connectivity index (χ3v) is 4.24. The molecule has 0 unspecified atom stereocenters. The van der Waals surface area contributed by atoms with E-state index in [4.69, 9.17) is 9.47 Å². The zero-order chi connectivity index (χ0) is 13.7. The molecule has 3 heteroatoms. The van der Waals surface area contributed by atoms with Gasteiger partial charge in [-0.2, -0.15) is 0 Å². The van der Waals surface area contributed by atoms with Crippen LogP contribution in [0.15, 0.2) is 18.2 Å². The van der Waals surface area contributed by atoms with Crippen LogP contribution in [0.4, 0.5) is 0 Å². The van der Waals surface area contributed by atoms with Crippen molar-refractivity contribution >= 4 is 0 Å². The summed E-state index contributed by atoms with van der Waals surface area (Å²) < 4.78 is 11.0. The summed E-state index contributed by atoms with van der Waals surface area (Å²) in [5, 5.41) is 3.36. The van der Waals surface area contributed by atoms with Crippen LogP contribution in [0.3, 0.4) is 0 Å². The molecule has 0 aliphatic carbocycles. The SMILES string of the molecule is CCc1cc(C2(CNC)CCOCC2)ccc1OC. The molecule has 3 nitrogen and oxygen atoms in total. The van der Waals surface area contributed by atoms with Gasteiger partial charge >= 0.3 is 0 Å². The molecule has 1 aliphatic rings. The summed E-state index contributed by atoms with van der Waals surface area (Å²) in [6, 6.07) is 6.66. The molecule has 0 saturated carbocycles. The summed E-state index contributed by atoms with van der Waals surface area (Å²) >= 11 is 0. The number of likely N-dealkylation sites (N-methyl/N-ethyl adjacent to an activating group) is 1. The first-order valence-corrected chi connectivity index (χ1v) is 7.15. The Morgan fingerprint density at radius 1 is 1.32 bits per heavy atom. The van der Waals surface area contributed by atoms with Crippen LogP contribution in [0.5, 0.6) is 5.75 Å². The molecular formula is C16H25NO2. The third kappa shape index (κ3) is 2.93. The zero-order valence-electron chi connectivity index (χ0n) is 12.3. The van der Waals surface area contributed by atoms with Gasteiger partial charge in [-0.15, -0.1) is 0 Å². The van der Waals surface area contributed by atoms with Crippen molar-refractivity contribution in [3.05, 3.63) is 29.3 Å². The Labute approximate surface area is 116 Å². The predicted octanol–water partition coefficient (Wildman–Crippen LogP) is 2.53. The van der Waals surface area contributed by atoms with Gasteiger partial charge in [0.15, 0.2) is 0 Å². The number of aryl methyl sites for hydroxylation is 1. The Balaban J connectivity index is 2.36. The summed E-state index contributed by atoms with van der Waals surface area (Å²) in [6.07, 6.45) is 3.18. The molecule has 0 radical (unpaired) electrons. The number of benzene rings is 1. The lowest BCUT2D eigenvalue weighted by atomic mass is 9.73. The van der Waals surface area contributed by atoms with Gasteiger partial charge in [0.05, 0.1) is 7.11 Å². The molecular weight excluding hydrogens is 238 g/mol. The van der Waals surface area contributed by atoms with Crippen molar-refractivity contribution in [2.45, 2.75) is 31.6 Å². The van der Waals surface area contributed by atoms with E-state index in [9.17, 15) is 0 Å². The number of hydrogen-bond acceptors (Lipinski definition) is 3. The molecule has 0 amide bonds. The number of nitrogens with one attached hydrogen (secondary N) is 1. The monoisotopic (exact) mass is 263 g/mol. The minimum Gasteiger partial charge on any atom is -0.496 e. The minimum absolute atomic E-state index is 0.211. The van der Waals surface area contributed by atoms with Crippen LogP contribution < -0.4 is 10.1 Å². The summed E-state index contributed by atoms with van der Waals surface area (Å²) in [6.45, 7) is 4.90. The Kier molecular flexibility index (Phi) is 4.83. The maximum atomic E-state index is 5.54. The lowest BCUT2D eigenvalue weighted by Crippen LogP contribution is -2.41. The van der Waals surface area contributed by atoms with Crippen molar-refractivity contribution in [1.29, 1.82) is 0 Å². The van der Waals surface area contributed by atoms with Gasteiger partial charge in [-0.3, -0.25) is 0 Å². The Morgan fingerprint density at radius 3 is 2.63 bits per heavy atom. The lowest BCUT2D eigenvalue weighted by Gasteiger charge is -2.38. The van der Waals surface area contributed by atoms with Gasteiger partial charge in [-0.1, -0.05) is 19.1 Å². The molecule has 0 atom stereocenters. The highest BCUT2D eigenvalue weighted by atomic mass is 16.5. The van der Waals surface area contributed by atoms with E-state index in [0.29, 0.717) is 0 Å². The number of hydrogen-bond donors (Lipinski definition) is 1. The van der Waals surface area contributed by atoms with E-state index in [1.807, 2.05) is 7.05 Å². The lowest BCUT2D eigenvalue weighted by molar-refractivity contribution is 0.0505. The van der Waals surface area contributed by atoms with E-state index in [0.717, 1.165) is 44.8 Å². The van der Waals surface area contributed by atoms with Crippen molar-refractivity contribution in [3.8, 4) is 5.75 Å². The molecule has 19 heavy (non-hydrogen) atoms. The highest BCUT2D eigenvalue weighted by molar-refractivity contribution is 5.40. The topological polar surface area (TPSA) is 30.5 Å². The van der Waals surface area contributed by atoms with Crippen molar-refractivity contribution in [2.75, 3.05) is 33.9 Å². The molecule has 1 N–H and O–H groups in total. The minimum atomic E-state index is 0.211. The summed E-state index contributed by atoms with van der Waals surface area (Å²) in [5.74, 6) is 0.998. The Bertz CT molecular complexity index is 406. The highest BCUT2D eigenvalue weighted by Gasteiger charge is 2.34. The molecule has 1 aromatic rings. The molecule has 2 rings (SSSR count). The quantitative estimate of drug-likeness (QED) is 0.885. The largest absolute Gasteiger partial charge is 0.496 e. The van der Waals surface area contributed by atoms with E-state index < -0.39 is 0 Å². The van der Waals surface area contributed by atoms with Gasteiger partial charge < -0.3 is 14.8 Å². The fraction of sp³-hybridized carbons (Fsp3) is 0.625. The van der Waals surface area contributed by atoms with Gasteiger partial charge in [-0.25, -0.2) is 0 Å². The highest BCUT2D eigenvalue weighted by Crippen LogP contribution is 2.36. The van der Waals surface area contributed by atoms with Gasteiger partial charge in [0.2, 0.25) is 0 Å². The summed E-state index contributed by atoms with van der Waals surface area (Å²) in [5.41, 5.74) is 2.92. The van der Waals surface area contributed by atoms with Crippen LogP contribution in [-0.4, -0.2) is 33.9 Å². The molecule has 1 aromatic carbocycles. The summed E-state index contributed by atoms with van der Waals surface area (Å²) in [7, 11) is 3.77. The molecule has 0 bridgehead atoms. The Morgan fingerprint density at radius 2 is 2.05 bits per heavy atom. The average molecular weight is 263 g/mol. The zero-order valence-corrected chi connectivity index (χ0v) is 12.3. The second-order valence-electron chi connectivity index (χ2n) is 5.30. The van der Waals surface area contributed by atoms with E-state index in [2.05, 4.69) is 30.4 Å². The molecule has 106 valence electrons. The first-order valence-electron chi connectivity index (χ1n) is 7.15. The second kappa shape index (κ2) is 6.40. The normalized spacial score (nSPS) is 18.3. The predicted molar refractivity (Wildman–Crippen MR) is 78.0 cm³/mol. The van der Waals surface area contributed by atoms with Crippen molar-refractivity contribution in [3.63, 3.8) is 0 Å². The fourth-order valence-electron chi connectivity index (χ4n) is 3.05.